The second-order valence-electron chi connectivity index (χ2n) is 3.16. The van der Waals surface area contributed by atoms with Crippen LogP contribution < -0.4 is 9.47 Å². The van der Waals surface area contributed by atoms with Gasteiger partial charge in [0, 0.05) is 10.5 Å². The first-order valence-corrected chi connectivity index (χ1v) is 6.35. The van der Waals surface area contributed by atoms with Gasteiger partial charge in [0.05, 0.1) is 14.2 Å². The molecule has 0 aliphatic carbocycles. The third-order valence-electron chi connectivity index (χ3n) is 1.81. The molecule has 1 aromatic carbocycles. The Bertz CT molecular complexity index is 366. The van der Waals surface area contributed by atoms with Crippen LogP contribution in [0.3, 0.4) is 0 Å². The van der Waals surface area contributed by atoms with Crippen molar-refractivity contribution in [2.75, 3.05) is 14.2 Å². The zero-order valence-corrected chi connectivity index (χ0v) is 12.3. The number of halogens is 4. The quantitative estimate of drug-likeness (QED) is 0.634. The van der Waals surface area contributed by atoms with E-state index in [1.807, 2.05) is 18.2 Å². The molecule has 1 N–H and O–H groups in total. The molecule has 0 aromatic heterocycles. The maximum atomic E-state index is 10.6. The molecule has 0 fully saturated rings. The molecule has 0 saturated carbocycles. The standard InChI is InChI=1S/C9H11IO2.C2HF3O2/c1-11-8-3-7(6-10)4-9(5-8)12-2;3-2(4,5)1(6)7/h3-5H,6H2,1-2H3;(H,6,7). The van der Waals surface area contributed by atoms with Gasteiger partial charge in [-0.3, -0.25) is 0 Å². The largest absolute Gasteiger partial charge is 0.497 e. The highest BCUT2D eigenvalue weighted by molar-refractivity contribution is 14.1. The molecule has 8 heteroatoms. The van der Waals surface area contributed by atoms with Crippen LogP contribution in [-0.2, 0) is 9.22 Å². The summed E-state index contributed by atoms with van der Waals surface area (Å²) in [6.45, 7) is 0. The zero-order valence-electron chi connectivity index (χ0n) is 10.1. The van der Waals surface area contributed by atoms with E-state index in [-0.39, 0.29) is 0 Å². The Morgan fingerprint density at radius 1 is 1.21 bits per heavy atom. The van der Waals surface area contributed by atoms with E-state index in [9.17, 15) is 13.2 Å². The van der Waals surface area contributed by atoms with Crippen LogP contribution in [-0.4, -0.2) is 31.5 Å². The maximum Gasteiger partial charge on any atom is 0.490 e. The van der Waals surface area contributed by atoms with Gasteiger partial charge in [0.1, 0.15) is 11.5 Å². The third kappa shape index (κ3) is 7.09. The highest BCUT2D eigenvalue weighted by Gasteiger charge is 2.38. The summed E-state index contributed by atoms with van der Waals surface area (Å²) < 4.78 is 42.9. The predicted octanol–water partition coefficient (Wildman–Crippen LogP) is 3.27. The highest BCUT2D eigenvalue weighted by Crippen LogP contribution is 2.23. The summed E-state index contributed by atoms with van der Waals surface area (Å²) in [7, 11) is 3.32. The minimum absolute atomic E-state index is 0.848. The monoisotopic (exact) mass is 392 g/mol. The molecule has 0 radical (unpaired) electrons. The number of carboxylic acids is 1. The summed E-state index contributed by atoms with van der Waals surface area (Å²) >= 11 is 2.31. The minimum atomic E-state index is -5.08. The number of carbonyl (C=O) groups is 1. The fourth-order valence-corrected chi connectivity index (χ4v) is 1.38. The van der Waals surface area contributed by atoms with Gasteiger partial charge < -0.3 is 14.6 Å². The lowest BCUT2D eigenvalue weighted by Crippen LogP contribution is -2.21. The van der Waals surface area contributed by atoms with E-state index in [2.05, 4.69) is 22.6 Å². The van der Waals surface area contributed by atoms with Crippen molar-refractivity contribution in [1.29, 1.82) is 0 Å². The molecular weight excluding hydrogens is 380 g/mol. The molecular formula is C11H12F3IO4. The lowest BCUT2D eigenvalue weighted by Gasteiger charge is -2.05. The maximum absolute atomic E-state index is 10.6. The first-order valence-electron chi connectivity index (χ1n) is 4.82. The lowest BCUT2D eigenvalue weighted by molar-refractivity contribution is -0.192. The first kappa shape index (κ1) is 17.8. The second-order valence-corrected chi connectivity index (χ2v) is 3.92. The Labute approximate surface area is 121 Å². The van der Waals surface area contributed by atoms with Gasteiger partial charge in [-0.15, -0.1) is 0 Å². The Balaban J connectivity index is 0.000000399. The van der Waals surface area contributed by atoms with E-state index < -0.39 is 12.1 Å². The Morgan fingerprint density at radius 2 is 1.58 bits per heavy atom. The molecule has 0 spiro atoms. The van der Waals surface area contributed by atoms with Gasteiger partial charge in [-0.2, -0.15) is 13.2 Å². The van der Waals surface area contributed by atoms with Crippen LogP contribution in [0.5, 0.6) is 11.5 Å². The molecule has 0 bridgehead atoms. The van der Waals surface area contributed by atoms with Gasteiger partial charge in [-0.1, -0.05) is 22.6 Å². The van der Waals surface area contributed by atoms with Gasteiger partial charge in [0.15, 0.2) is 0 Å². The van der Waals surface area contributed by atoms with Crippen LogP contribution in [0.1, 0.15) is 5.56 Å². The van der Waals surface area contributed by atoms with E-state index in [4.69, 9.17) is 19.4 Å². The van der Waals surface area contributed by atoms with Crippen molar-refractivity contribution in [1.82, 2.24) is 0 Å². The Morgan fingerprint density at radius 3 is 1.79 bits per heavy atom. The smallest absolute Gasteiger partial charge is 0.490 e. The molecule has 0 aliphatic heterocycles. The van der Waals surface area contributed by atoms with Crippen molar-refractivity contribution in [2.45, 2.75) is 10.6 Å². The molecule has 0 aliphatic rings. The Hall–Kier alpha value is -1.19. The highest BCUT2D eigenvalue weighted by atomic mass is 127. The average molecular weight is 392 g/mol. The van der Waals surface area contributed by atoms with E-state index in [1.165, 1.54) is 5.56 Å². The lowest BCUT2D eigenvalue weighted by atomic mass is 10.2. The van der Waals surface area contributed by atoms with Crippen molar-refractivity contribution in [2.24, 2.45) is 0 Å². The van der Waals surface area contributed by atoms with Crippen LogP contribution >= 0.6 is 22.6 Å². The van der Waals surface area contributed by atoms with E-state index in [1.54, 1.807) is 14.2 Å². The summed E-state index contributed by atoms with van der Waals surface area (Å²) in [5.74, 6) is -1.06. The number of carboxylic acid groups (broad SMARTS) is 1. The zero-order chi connectivity index (χ0) is 15.1. The van der Waals surface area contributed by atoms with Crippen LogP contribution in [0.4, 0.5) is 13.2 Å². The van der Waals surface area contributed by atoms with E-state index >= 15 is 0 Å². The summed E-state index contributed by atoms with van der Waals surface area (Å²) in [4.78, 5) is 8.90. The van der Waals surface area contributed by atoms with Crippen molar-refractivity contribution in [3.8, 4) is 11.5 Å². The molecule has 1 aromatic rings. The molecule has 0 unspecified atom stereocenters. The fourth-order valence-electron chi connectivity index (χ4n) is 0.944. The van der Waals surface area contributed by atoms with Gasteiger partial charge in [-0.25, -0.2) is 4.79 Å². The fraction of sp³-hybridized carbons (Fsp3) is 0.364. The topological polar surface area (TPSA) is 55.8 Å². The van der Waals surface area contributed by atoms with Crippen molar-refractivity contribution < 1.29 is 32.5 Å². The number of alkyl halides is 4. The molecule has 0 atom stereocenters. The van der Waals surface area contributed by atoms with Crippen molar-refractivity contribution in [3.63, 3.8) is 0 Å². The van der Waals surface area contributed by atoms with Crippen molar-refractivity contribution in [3.05, 3.63) is 23.8 Å². The molecule has 0 saturated heterocycles. The number of benzene rings is 1. The van der Waals surface area contributed by atoms with Crippen LogP contribution in [0.2, 0.25) is 0 Å². The van der Waals surface area contributed by atoms with Crippen LogP contribution in [0.25, 0.3) is 0 Å². The summed E-state index contributed by atoms with van der Waals surface area (Å²) in [6.07, 6.45) is -5.08. The summed E-state index contributed by atoms with van der Waals surface area (Å²) in [5, 5.41) is 7.12. The van der Waals surface area contributed by atoms with E-state index in [0.717, 1.165) is 15.9 Å². The van der Waals surface area contributed by atoms with Gasteiger partial charge in [0.25, 0.3) is 0 Å². The number of ether oxygens (including phenoxy) is 2. The number of aliphatic carboxylic acids is 1. The minimum Gasteiger partial charge on any atom is -0.497 e. The number of rotatable bonds is 3. The number of methoxy groups -OCH3 is 2. The van der Waals surface area contributed by atoms with Crippen molar-refractivity contribution >= 4 is 28.6 Å². The molecule has 0 heterocycles. The van der Waals surface area contributed by atoms with Gasteiger partial charge in [0.2, 0.25) is 0 Å². The third-order valence-corrected chi connectivity index (χ3v) is 2.69. The molecule has 108 valence electrons. The van der Waals surface area contributed by atoms with Gasteiger partial charge in [-0.05, 0) is 17.7 Å². The Kier molecular flexibility index (Phi) is 7.57. The SMILES string of the molecule is COc1cc(CI)cc(OC)c1.O=C(O)C(F)(F)F. The molecule has 1 rings (SSSR count). The average Bonchev–Trinajstić information content (AvgIpc) is 2.37. The summed E-state index contributed by atoms with van der Waals surface area (Å²) in [6, 6.07) is 5.89. The first-order chi connectivity index (χ1) is 8.74. The number of hydrogen-bond donors (Lipinski definition) is 1. The summed E-state index contributed by atoms with van der Waals surface area (Å²) in [5.41, 5.74) is 1.21. The predicted molar refractivity (Wildman–Crippen MR) is 71.0 cm³/mol. The molecule has 4 nitrogen and oxygen atoms in total. The van der Waals surface area contributed by atoms with Crippen LogP contribution in [0, 0.1) is 0 Å². The molecule has 0 amide bonds. The van der Waals surface area contributed by atoms with Gasteiger partial charge >= 0.3 is 12.1 Å². The normalized spacial score (nSPS) is 10.2. The molecule has 19 heavy (non-hydrogen) atoms. The van der Waals surface area contributed by atoms with Crippen LogP contribution in [0.15, 0.2) is 18.2 Å². The second kappa shape index (κ2) is 8.08. The number of hydrogen-bond acceptors (Lipinski definition) is 3. The van der Waals surface area contributed by atoms with E-state index in [0.29, 0.717) is 0 Å².